The van der Waals surface area contributed by atoms with Gasteiger partial charge in [-0.2, -0.15) is 0 Å². The first-order valence-electron chi connectivity index (χ1n) is 8.05. The van der Waals surface area contributed by atoms with Gasteiger partial charge in [0.15, 0.2) is 11.5 Å². The summed E-state index contributed by atoms with van der Waals surface area (Å²) in [5.41, 5.74) is 1.86. The molecule has 0 aliphatic carbocycles. The molecule has 23 heavy (non-hydrogen) atoms. The number of H-pyrrole nitrogens is 1. The van der Waals surface area contributed by atoms with Crippen molar-refractivity contribution >= 4 is 11.3 Å². The zero-order valence-electron chi connectivity index (χ0n) is 13.6. The molecule has 1 aromatic carbocycles. The molecule has 0 radical (unpaired) electrons. The first-order chi connectivity index (χ1) is 11.2. The lowest BCUT2D eigenvalue weighted by atomic mass is 10.1. The molecule has 2 heterocycles. The first-order valence-corrected chi connectivity index (χ1v) is 8.87. The Hall–Kier alpha value is -1.79. The molecule has 5 nitrogen and oxygen atoms in total. The van der Waals surface area contributed by atoms with Gasteiger partial charge in [-0.25, -0.2) is 0 Å². The van der Waals surface area contributed by atoms with Crippen molar-refractivity contribution in [1.29, 1.82) is 0 Å². The number of hydrogen-bond acceptors (Lipinski definition) is 5. The van der Waals surface area contributed by atoms with Crippen LogP contribution in [0.2, 0.25) is 0 Å². The van der Waals surface area contributed by atoms with E-state index < -0.39 is 0 Å². The minimum Gasteiger partial charge on any atom is -0.454 e. The van der Waals surface area contributed by atoms with Crippen LogP contribution in [0.5, 0.6) is 11.5 Å². The van der Waals surface area contributed by atoms with Crippen molar-refractivity contribution in [3.05, 3.63) is 32.7 Å². The molecule has 2 aromatic rings. The van der Waals surface area contributed by atoms with Gasteiger partial charge < -0.3 is 14.5 Å². The lowest BCUT2D eigenvalue weighted by molar-refractivity contribution is 0.174. The van der Waals surface area contributed by atoms with Crippen LogP contribution in [-0.4, -0.2) is 29.8 Å². The van der Waals surface area contributed by atoms with E-state index in [1.54, 1.807) is 0 Å². The fraction of sp³-hybridized carbons (Fsp3) is 0.471. The van der Waals surface area contributed by atoms with Crippen LogP contribution in [0.3, 0.4) is 0 Å². The normalized spacial score (nSPS) is 13.0. The predicted octanol–water partition coefficient (Wildman–Crippen LogP) is 3.45. The van der Waals surface area contributed by atoms with E-state index in [0.717, 1.165) is 47.3 Å². The standard InChI is InChI=1S/C17H22N2O3S/c1-3-5-8-19(4-2)10-15-16(18-17(20)23-15)12-6-7-13-14(9-12)22-11-21-13/h6-7,9H,3-5,8,10-11H2,1-2H3,(H,18,20). The number of unbranched alkanes of at least 4 members (excludes halogenated alkanes) is 1. The summed E-state index contributed by atoms with van der Waals surface area (Å²) in [6.07, 6.45) is 2.35. The molecule has 0 fully saturated rings. The summed E-state index contributed by atoms with van der Waals surface area (Å²) in [6, 6.07) is 5.80. The Morgan fingerprint density at radius 2 is 2.09 bits per heavy atom. The van der Waals surface area contributed by atoms with E-state index in [1.165, 1.54) is 24.2 Å². The number of benzene rings is 1. The lowest BCUT2D eigenvalue weighted by Gasteiger charge is -2.19. The monoisotopic (exact) mass is 334 g/mol. The Balaban J connectivity index is 1.87. The van der Waals surface area contributed by atoms with Gasteiger partial charge in [0.25, 0.3) is 0 Å². The molecular weight excluding hydrogens is 312 g/mol. The molecule has 124 valence electrons. The summed E-state index contributed by atoms with van der Waals surface area (Å²) in [5.74, 6) is 1.49. The zero-order valence-corrected chi connectivity index (χ0v) is 14.4. The van der Waals surface area contributed by atoms with Crippen molar-refractivity contribution in [3.63, 3.8) is 0 Å². The maximum Gasteiger partial charge on any atom is 0.305 e. The van der Waals surface area contributed by atoms with E-state index in [2.05, 4.69) is 23.7 Å². The number of ether oxygens (including phenoxy) is 2. The summed E-state index contributed by atoms with van der Waals surface area (Å²) in [7, 11) is 0. The number of nitrogens with one attached hydrogen (secondary N) is 1. The molecule has 0 bridgehead atoms. The van der Waals surface area contributed by atoms with Crippen molar-refractivity contribution in [2.75, 3.05) is 19.9 Å². The van der Waals surface area contributed by atoms with Gasteiger partial charge in [-0.3, -0.25) is 9.69 Å². The van der Waals surface area contributed by atoms with E-state index in [9.17, 15) is 4.79 Å². The van der Waals surface area contributed by atoms with Gasteiger partial charge in [0.05, 0.1) is 5.69 Å². The molecule has 1 aliphatic rings. The third kappa shape index (κ3) is 3.59. The molecule has 0 saturated heterocycles. The highest BCUT2D eigenvalue weighted by atomic mass is 32.1. The molecule has 0 spiro atoms. The number of thiazole rings is 1. The maximum atomic E-state index is 11.9. The molecule has 0 unspecified atom stereocenters. The highest BCUT2D eigenvalue weighted by molar-refractivity contribution is 7.09. The maximum absolute atomic E-state index is 11.9. The van der Waals surface area contributed by atoms with Crippen LogP contribution in [0.4, 0.5) is 0 Å². The van der Waals surface area contributed by atoms with Crippen LogP contribution in [-0.2, 0) is 6.54 Å². The SMILES string of the molecule is CCCCN(CC)Cc1sc(=O)[nH]c1-c1ccc2c(c1)OCO2. The van der Waals surface area contributed by atoms with Crippen molar-refractivity contribution < 1.29 is 9.47 Å². The number of hydrogen-bond donors (Lipinski definition) is 1. The number of aromatic amines is 1. The van der Waals surface area contributed by atoms with Crippen LogP contribution in [0.15, 0.2) is 23.0 Å². The molecular formula is C17H22N2O3S. The second kappa shape index (κ2) is 7.19. The second-order valence-corrected chi connectivity index (χ2v) is 6.67. The minimum atomic E-state index is -0.0146. The smallest absolute Gasteiger partial charge is 0.305 e. The van der Waals surface area contributed by atoms with Crippen LogP contribution < -0.4 is 14.3 Å². The van der Waals surface area contributed by atoms with Gasteiger partial charge in [-0.1, -0.05) is 31.6 Å². The first kappa shape index (κ1) is 16.1. The van der Waals surface area contributed by atoms with E-state index in [0.29, 0.717) is 0 Å². The third-order valence-corrected chi connectivity index (χ3v) is 4.89. The van der Waals surface area contributed by atoms with Crippen LogP contribution in [0.1, 0.15) is 31.6 Å². The fourth-order valence-corrected chi connectivity index (χ4v) is 3.59. The van der Waals surface area contributed by atoms with Crippen molar-refractivity contribution in [3.8, 4) is 22.8 Å². The van der Waals surface area contributed by atoms with Gasteiger partial charge in [0.1, 0.15) is 0 Å². The van der Waals surface area contributed by atoms with Gasteiger partial charge in [-0.05, 0) is 37.7 Å². The van der Waals surface area contributed by atoms with E-state index in [4.69, 9.17) is 9.47 Å². The van der Waals surface area contributed by atoms with Crippen molar-refractivity contribution in [1.82, 2.24) is 9.88 Å². The molecule has 3 rings (SSSR count). The van der Waals surface area contributed by atoms with Crippen LogP contribution in [0.25, 0.3) is 11.3 Å². The van der Waals surface area contributed by atoms with E-state index in [-0.39, 0.29) is 11.7 Å². The Bertz CT molecular complexity index is 723. The van der Waals surface area contributed by atoms with Crippen LogP contribution >= 0.6 is 11.3 Å². The molecule has 1 aromatic heterocycles. The summed E-state index contributed by atoms with van der Waals surface area (Å²) in [4.78, 5) is 18.3. The number of fused-ring (bicyclic) bond motifs is 1. The lowest BCUT2D eigenvalue weighted by Crippen LogP contribution is -2.23. The second-order valence-electron chi connectivity index (χ2n) is 5.60. The largest absolute Gasteiger partial charge is 0.454 e. The summed E-state index contributed by atoms with van der Waals surface area (Å²) < 4.78 is 10.8. The summed E-state index contributed by atoms with van der Waals surface area (Å²) in [6.45, 7) is 7.44. The summed E-state index contributed by atoms with van der Waals surface area (Å²) in [5, 5.41) is 0. The van der Waals surface area contributed by atoms with E-state index in [1.807, 2.05) is 18.2 Å². The minimum absolute atomic E-state index is 0.0146. The molecule has 1 N–H and O–H groups in total. The van der Waals surface area contributed by atoms with Crippen LogP contribution in [0, 0.1) is 0 Å². The van der Waals surface area contributed by atoms with Crippen molar-refractivity contribution in [2.24, 2.45) is 0 Å². The highest BCUT2D eigenvalue weighted by Gasteiger charge is 2.18. The average molecular weight is 334 g/mol. The molecule has 0 amide bonds. The number of nitrogens with zero attached hydrogens (tertiary/aromatic N) is 1. The van der Waals surface area contributed by atoms with Gasteiger partial charge in [0, 0.05) is 17.0 Å². The number of rotatable bonds is 7. The highest BCUT2D eigenvalue weighted by Crippen LogP contribution is 2.36. The van der Waals surface area contributed by atoms with Crippen molar-refractivity contribution in [2.45, 2.75) is 33.2 Å². The fourth-order valence-electron chi connectivity index (χ4n) is 2.69. The topological polar surface area (TPSA) is 54.6 Å². The summed E-state index contributed by atoms with van der Waals surface area (Å²) >= 11 is 1.29. The molecule has 0 atom stereocenters. The van der Waals surface area contributed by atoms with E-state index >= 15 is 0 Å². The van der Waals surface area contributed by atoms with Gasteiger partial charge in [-0.15, -0.1) is 0 Å². The third-order valence-electron chi connectivity index (χ3n) is 4.03. The van der Waals surface area contributed by atoms with Gasteiger partial charge >= 0.3 is 4.87 Å². The zero-order chi connectivity index (χ0) is 16.2. The molecule has 6 heteroatoms. The van der Waals surface area contributed by atoms with Gasteiger partial charge in [0.2, 0.25) is 6.79 Å². The Morgan fingerprint density at radius 3 is 2.87 bits per heavy atom. The molecule has 0 saturated carbocycles. The average Bonchev–Trinajstić information content (AvgIpc) is 3.16. The Morgan fingerprint density at radius 1 is 1.26 bits per heavy atom. The Kier molecular flexibility index (Phi) is 5.03. The Labute approximate surface area is 139 Å². The number of aromatic nitrogens is 1. The molecule has 1 aliphatic heterocycles. The predicted molar refractivity (Wildman–Crippen MR) is 92.4 cm³/mol. The quantitative estimate of drug-likeness (QED) is 0.842.